The maximum Gasteiger partial charge on any atom is 0.0945 e. The highest BCUT2D eigenvalue weighted by atomic mass is 15.2. The first kappa shape index (κ1) is 11.6. The molecule has 1 N–H and O–H groups in total. The number of hydrogen-bond donors (Lipinski definition) is 1. The van der Waals surface area contributed by atoms with Crippen molar-refractivity contribution < 1.29 is 0 Å². The molecule has 1 aliphatic heterocycles. The van der Waals surface area contributed by atoms with E-state index < -0.39 is 0 Å². The summed E-state index contributed by atoms with van der Waals surface area (Å²) < 4.78 is 2.15. The maximum atomic E-state index is 4.05. The predicted molar refractivity (Wildman–Crippen MR) is 65.4 cm³/mol. The number of piperazine rings is 1. The van der Waals surface area contributed by atoms with Crippen LogP contribution in [0.1, 0.15) is 19.8 Å². The van der Waals surface area contributed by atoms with Gasteiger partial charge in [0.15, 0.2) is 0 Å². The molecule has 1 aromatic heterocycles. The van der Waals surface area contributed by atoms with E-state index in [1.807, 2.05) is 18.7 Å². The average molecular weight is 222 g/mol. The summed E-state index contributed by atoms with van der Waals surface area (Å²) in [4.78, 5) is 6.62. The van der Waals surface area contributed by atoms with Crippen LogP contribution in [0.25, 0.3) is 0 Å². The van der Waals surface area contributed by atoms with Crippen molar-refractivity contribution in [3.8, 4) is 0 Å². The van der Waals surface area contributed by atoms with Crippen molar-refractivity contribution in [2.45, 2.75) is 32.4 Å². The van der Waals surface area contributed by atoms with Gasteiger partial charge in [-0.05, 0) is 19.4 Å². The molecular weight excluding hydrogens is 200 g/mol. The highest BCUT2D eigenvalue weighted by Gasteiger charge is 2.16. The first-order chi connectivity index (χ1) is 7.88. The predicted octanol–water partition coefficient (Wildman–Crippen LogP) is 0.957. The summed E-state index contributed by atoms with van der Waals surface area (Å²) in [7, 11) is 0. The highest BCUT2D eigenvalue weighted by Crippen LogP contribution is 2.03. The van der Waals surface area contributed by atoms with E-state index in [0.29, 0.717) is 6.04 Å². The third kappa shape index (κ3) is 3.32. The Kier molecular flexibility index (Phi) is 4.36. The lowest BCUT2D eigenvalue weighted by Gasteiger charge is -2.33. The summed E-state index contributed by atoms with van der Waals surface area (Å²) in [5, 5.41) is 3.55. The van der Waals surface area contributed by atoms with Gasteiger partial charge in [-0.15, -0.1) is 0 Å². The van der Waals surface area contributed by atoms with Crippen LogP contribution in [0.4, 0.5) is 0 Å². The van der Waals surface area contributed by atoms with Gasteiger partial charge >= 0.3 is 0 Å². The second kappa shape index (κ2) is 6.01. The standard InChI is InChI=1S/C12H22N4/c1-2-12-10-15(9-5-14-12)6-3-7-16-8-4-13-11-16/h4,8,11-12,14H,2-3,5-7,9-10H2,1H3. The molecule has 1 atom stereocenters. The molecule has 0 amide bonds. The van der Waals surface area contributed by atoms with E-state index in [0.717, 1.165) is 13.1 Å². The molecule has 0 aromatic carbocycles. The smallest absolute Gasteiger partial charge is 0.0945 e. The van der Waals surface area contributed by atoms with Crippen molar-refractivity contribution in [1.29, 1.82) is 0 Å². The molecule has 0 spiro atoms. The molecule has 2 heterocycles. The Hall–Kier alpha value is -0.870. The fraction of sp³-hybridized carbons (Fsp3) is 0.750. The molecule has 4 nitrogen and oxygen atoms in total. The molecule has 1 unspecified atom stereocenters. The monoisotopic (exact) mass is 222 g/mol. The fourth-order valence-electron chi connectivity index (χ4n) is 2.27. The van der Waals surface area contributed by atoms with Crippen molar-refractivity contribution in [2.75, 3.05) is 26.2 Å². The normalized spacial score (nSPS) is 22.4. The van der Waals surface area contributed by atoms with Crippen molar-refractivity contribution in [2.24, 2.45) is 0 Å². The van der Waals surface area contributed by atoms with Gasteiger partial charge < -0.3 is 14.8 Å². The lowest BCUT2D eigenvalue weighted by atomic mass is 10.1. The van der Waals surface area contributed by atoms with E-state index in [1.165, 1.54) is 32.5 Å². The van der Waals surface area contributed by atoms with Gasteiger partial charge in [0.2, 0.25) is 0 Å². The van der Waals surface area contributed by atoms with Crippen LogP contribution in [-0.2, 0) is 6.54 Å². The Morgan fingerprint density at radius 2 is 2.38 bits per heavy atom. The van der Waals surface area contributed by atoms with Gasteiger partial charge in [0.25, 0.3) is 0 Å². The number of rotatable bonds is 5. The van der Waals surface area contributed by atoms with Gasteiger partial charge in [-0.1, -0.05) is 6.92 Å². The molecule has 0 aliphatic carbocycles. The topological polar surface area (TPSA) is 33.1 Å². The van der Waals surface area contributed by atoms with Gasteiger partial charge in [0, 0.05) is 44.6 Å². The quantitative estimate of drug-likeness (QED) is 0.805. The van der Waals surface area contributed by atoms with Crippen LogP contribution in [0, 0.1) is 0 Å². The van der Waals surface area contributed by atoms with E-state index in [4.69, 9.17) is 0 Å². The molecule has 1 aliphatic rings. The number of hydrogen-bond acceptors (Lipinski definition) is 3. The molecule has 2 rings (SSSR count). The minimum atomic E-state index is 0.696. The van der Waals surface area contributed by atoms with Gasteiger partial charge in [-0.2, -0.15) is 0 Å². The molecule has 16 heavy (non-hydrogen) atoms. The second-order valence-electron chi connectivity index (χ2n) is 4.51. The SMILES string of the molecule is CCC1CN(CCCn2ccnc2)CCN1. The van der Waals surface area contributed by atoms with Crippen molar-refractivity contribution in [3.05, 3.63) is 18.7 Å². The zero-order chi connectivity index (χ0) is 11.2. The van der Waals surface area contributed by atoms with Gasteiger partial charge in [0.05, 0.1) is 6.33 Å². The van der Waals surface area contributed by atoms with Crippen LogP contribution in [0.5, 0.6) is 0 Å². The molecule has 0 saturated carbocycles. The molecule has 0 radical (unpaired) electrons. The number of aryl methyl sites for hydroxylation is 1. The first-order valence-corrected chi connectivity index (χ1v) is 6.30. The Morgan fingerprint density at radius 1 is 1.44 bits per heavy atom. The summed E-state index contributed by atoms with van der Waals surface area (Å²) in [5.74, 6) is 0. The van der Waals surface area contributed by atoms with E-state index >= 15 is 0 Å². The summed E-state index contributed by atoms with van der Waals surface area (Å²) in [5.41, 5.74) is 0. The van der Waals surface area contributed by atoms with Crippen LogP contribution < -0.4 is 5.32 Å². The van der Waals surface area contributed by atoms with Crippen LogP contribution in [-0.4, -0.2) is 46.7 Å². The summed E-state index contributed by atoms with van der Waals surface area (Å²) in [6.07, 6.45) is 8.22. The first-order valence-electron chi connectivity index (χ1n) is 6.30. The lowest BCUT2D eigenvalue weighted by Crippen LogP contribution is -2.50. The zero-order valence-corrected chi connectivity index (χ0v) is 10.1. The Bertz CT molecular complexity index is 283. The van der Waals surface area contributed by atoms with E-state index in [2.05, 4.69) is 26.7 Å². The Morgan fingerprint density at radius 3 is 3.12 bits per heavy atom. The lowest BCUT2D eigenvalue weighted by molar-refractivity contribution is 0.192. The van der Waals surface area contributed by atoms with Gasteiger partial charge in [-0.25, -0.2) is 4.98 Å². The Labute approximate surface area is 97.7 Å². The van der Waals surface area contributed by atoms with Gasteiger partial charge in [-0.3, -0.25) is 0 Å². The number of aromatic nitrogens is 2. The molecule has 1 aromatic rings. The highest BCUT2D eigenvalue weighted by molar-refractivity contribution is 4.78. The molecular formula is C12H22N4. The van der Waals surface area contributed by atoms with Crippen molar-refractivity contribution in [1.82, 2.24) is 19.8 Å². The van der Waals surface area contributed by atoms with Crippen LogP contribution in [0.15, 0.2) is 18.7 Å². The minimum absolute atomic E-state index is 0.696. The van der Waals surface area contributed by atoms with E-state index in [1.54, 1.807) is 0 Å². The van der Waals surface area contributed by atoms with Crippen LogP contribution in [0.3, 0.4) is 0 Å². The number of nitrogens with one attached hydrogen (secondary N) is 1. The summed E-state index contributed by atoms with van der Waals surface area (Å²) >= 11 is 0. The molecule has 4 heteroatoms. The largest absolute Gasteiger partial charge is 0.337 e. The molecule has 1 saturated heterocycles. The Balaban J connectivity index is 1.65. The number of imidazole rings is 1. The van der Waals surface area contributed by atoms with Crippen LogP contribution in [0.2, 0.25) is 0 Å². The summed E-state index contributed by atoms with van der Waals surface area (Å²) in [6.45, 7) is 8.09. The zero-order valence-electron chi connectivity index (χ0n) is 10.1. The fourth-order valence-corrected chi connectivity index (χ4v) is 2.27. The average Bonchev–Trinajstić information content (AvgIpc) is 2.82. The second-order valence-corrected chi connectivity index (χ2v) is 4.51. The molecule has 90 valence electrons. The third-order valence-electron chi connectivity index (χ3n) is 3.28. The third-order valence-corrected chi connectivity index (χ3v) is 3.28. The molecule has 0 bridgehead atoms. The number of nitrogens with zero attached hydrogens (tertiary/aromatic N) is 3. The summed E-state index contributed by atoms with van der Waals surface area (Å²) in [6, 6.07) is 0.696. The van der Waals surface area contributed by atoms with E-state index in [-0.39, 0.29) is 0 Å². The van der Waals surface area contributed by atoms with E-state index in [9.17, 15) is 0 Å². The van der Waals surface area contributed by atoms with Crippen LogP contribution >= 0.6 is 0 Å². The van der Waals surface area contributed by atoms with Crippen molar-refractivity contribution >= 4 is 0 Å². The van der Waals surface area contributed by atoms with Crippen molar-refractivity contribution in [3.63, 3.8) is 0 Å². The maximum absolute atomic E-state index is 4.05. The van der Waals surface area contributed by atoms with Gasteiger partial charge in [0.1, 0.15) is 0 Å². The molecule has 1 fully saturated rings. The minimum Gasteiger partial charge on any atom is -0.337 e.